The van der Waals surface area contributed by atoms with Gasteiger partial charge < -0.3 is 4.79 Å². The van der Waals surface area contributed by atoms with Crippen LogP contribution in [-0.2, 0) is 4.79 Å². The van der Waals surface area contributed by atoms with Gasteiger partial charge in [-0.2, -0.15) is 0 Å². The number of allylic oxidation sites excluding steroid dienone is 1. The van der Waals surface area contributed by atoms with Gasteiger partial charge in [0.25, 0.3) is 0 Å². The van der Waals surface area contributed by atoms with Crippen LogP contribution in [0.1, 0.15) is 53.4 Å². The van der Waals surface area contributed by atoms with E-state index in [1.807, 2.05) is 6.92 Å². The molecule has 0 saturated heterocycles. The molecule has 0 amide bonds. The van der Waals surface area contributed by atoms with Gasteiger partial charge in [-0.25, -0.2) is 0 Å². The van der Waals surface area contributed by atoms with Crippen LogP contribution >= 0.6 is 0 Å². The minimum Gasteiger partial charge on any atom is -0.302 e. The summed E-state index contributed by atoms with van der Waals surface area (Å²) in [5.74, 6) is 0.755. The molecule has 0 aromatic carbocycles. The predicted octanol–water partition coefficient (Wildman–Crippen LogP) is 3.98. The molecule has 0 bridgehead atoms. The Morgan fingerprint density at radius 2 is 1.80 bits per heavy atom. The lowest BCUT2D eigenvalue weighted by atomic mass is 9.62. The second kappa shape index (κ2) is 4.11. The average Bonchev–Trinajstić information content (AvgIpc) is 2.16. The first-order valence-corrected chi connectivity index (χ1v) is 5.94. The van der Waals surface area contributed by atoms with Crippen LogP contribution in [0.25, 0.3) is 0 Å². The van der Waals surface area contributed by atoms with Crippen molar-refractivity contribution in [3.8, 4) is 0 Å². The lowest BCUT2D eigenvalue weighted by molar-refractivity contribution is -0.116. The lowest BCUT2D eigenvalue weighted by Gasteiger charge is -2.41. The first-order chi connectivity index (χ1) is 6.82. The number of hydrogen-bond acceptors (Lipinski definition) is 1. The fourth-order valence-corrected chi connectivity index (χ4v) is 2.64. The van der Waals surface area contributed by atoms with Crippen molar-refractivity contribution in [2.45, 2.75) is 53.4 Å². The maximum absolute atomic E-state index is 11.2. The van der Waals surface area contributed by atoms with Crippen LogP contribution in [0, 0.1) is 16.7 Å². The molecule has 15 heavy (non-hydrogen) atoms. The van der Waals surface area contributed by atoms with Gasteiger partial charge in [-0.05, 0) is 43.9 Å². The number of carbonyl (C=O) groups excluding carboxylic acids is 1. The summed E-state index contributed by atoms with van der Waals surface area (Å²) in [7, 11) is 0. The molecule has 0 unspecified atom stereocenters. The molecule has 1 saturated carbocycles. The van der Waals surface area contributed by atoms with Crippen LogP contribution < -0.4 is 0 Å². The van der Waals surface area contributed by atoms with Crippen molar-refractivity contribution >= 4 is 6.29 Å². The Morgan fingerprint density at radius 1 is 1.33 bits per heavy atom. The molecular weight excluding hydrogens is 184 g/mol. The van der Waals surface area contributed by atoms with Gasteiger partial charge >= 0.3 is 0 Å². The van der Waals surface area contributed by atoms with E-state index in [4.69, 9.17) is 0 Å². The first kappa shape index (κ1) is 12.5. The van der Waals surface area contributed by atoms with Crippen LogP contribution in [0.4, 0.5) is 0 Å². The number of rotatable bonds is 2. The topological polar surface area (TPSA) is 17.1 Å². The van der Waals surface area contributed by atoms with Crippen molar-refractivity contribution in [3.05, 3.63) is 12.2 Å². The van der Waals surface area contributed by atoms with E-state index in [1.54, 1.807) is 0 Å². The van der Waals surface area contributed by atoms with Crippen molar-refractivity contribution in [3.63, 3.8) is 0 Å². The van der Waals surface area contributed by atoms with Crippen LogP contribution in [-0.4, -0.2) is 6.29 Å². The molecule has 0 radical (unpaired) electrons. The van der Waals surface area contributed by atoms with Crippen LogP contribution in [0.3, 0.4) is 0 Å². The third-order valence-corrected chi connectivity index (χ3v) is 4.18. The Balaban J connectivity index is 2.69. The fraction of sp³-hybridized carbons (Fsp3) is 0.786. The zero-order valence-corrected chi connectivity index (χ0v) is 10.6. The number of hydrogen-bond donors (Lipinski definition) is 0. The molecule has 0 atom stereocenters. The van der Waals surface area contributed by atoms with E-state index in [-0.39, 0.29) is 5.41 Å². The van der Waals surface area contributed by atoms with Crippen LogP contribution in [0.15, 0.2) is 12.2 Å². The minimum absolute atomic E-state index is 0.207. The van der Waals surface area contributed by atoms with Gasteiger partial charge in [-0.15, -0.1) is 0 Å². The highest BCUT2D eigenvalue weighted by Gasteiger charge is 2.38. The van der Waals surface area contributed by atoms with E-state index in [1.165, 1.54) is 0 Å². The largest absolute Gasteiger partial charge is 0.302 e. The first-order valence-electron chi connectivity index (χ1n) is 5.94. The summed E-state index contributed by atoms with van der Waals surface area (Å²) in [6.07, 6.45) is 5.44. The Morgan fingerprint density at radius 3 is 2.07 bits per heavy atom. The molecule has 1 nitrogen and oxygen atoms in total. The summed E-state index contributed by atoms with van der Waals surface area (Å²) in [5, 5.41) is 0. The maximum Gasteiger partial charge on any atom is 0.130 e. The summed E-state index contributed by atoms with van der Waals surface area (Å²) < 4.78 is 0. The number of aldehydes is 1. The van der Waals surface area contributed by atoms with Gasteiger partial charge in [-0.3, -0.25) is 0 Å². The highest BCUT2D eigenvalue weighted by Crippen LogP contribution is 2.47. The second-order valence-electron chi connectivity index (χ2n) is 6.19. The highest BCUT2D eigenvalue weighted by atomic mass is 16.1. The van der Waals surface area contributed by atoms with Crippen LogP contribution in [0.2, 0.25) is 0 Å². The molecule has 1 fully saturated rings. The van der Waals surface area contributed by atoms with E-state index in [9.17, 15) is 4.79 Å². The highest BCUT2D eigenvalue weighted by molar-refractivity contribution is 5.64. The standard InChI is InChI=1S/C14H24O/c1-11(2)14(10-15)8-6-12(7-9-14)13(3,4)5/h10,12H,1,6-9H2,2-5H3. The van der Waals surface area contributed by atoms with E-state index in [2.05, 4.69) is 27.4 Å². The quantitative estimate of drug-likeness (QED) is 0.495. The van der Waals surface area contributed by atoms with E-state index in [0.717, 1.165) is 43.5 Å². The molecule has 1 heteroatoms. The molecule has 1 aliphatic rings. The van der Waals surface area contributed by atoms with Crippen molar-refractivity contribution < 1.29 is 4.79 Å². The Hall–Kier alpha value is -0.590. The van der Waals surface area contributed by atoms with E-state index in [0.29, 0.717) is 5.41 Å². The predicted molar refractivity (Wildman–Crippen MR) is 64.7 cm³/mol. The van der Waals surface area contributed by atoms with Crippen molar-refractivity contribution in [1.82, 2.24) is 0 Å². The molecule has 0 N–H and O–H groups in total. The molecule has 0 aliphatic heterocycles. The summed E-state index contributed by atoms with van der Waals surface area (Å²) in [5.41, 5.74) is 1.22. The van der Waals surface area contributed by atoms with Gasteiger partial charge in [0.05, 0.1) is 0 Å². The van der Waals surface area contributed by atoms with E-state index >= 15 is 0 Å². The van der Waals surface area contributed by atoms with Gasteiger partial charge in [-0.1, -0.05) is 32.9 Å². The maximum atomic E-state index is 11.2. The lowest BCUT2D eigenvalue weighted by Crippen LogP contribution is -2.34. The summed E-state index contributed by atoms with van der Waals surface area (Å²) >= 11 is 0. The van der Waals surface area contributed by atoms with Crippen LogP contribution in [0.5, 0.6) is 0 Å². The van der Waals surface area contributed by atoms with E-state index < -0.39 is 0 Å². The summed E-state index contributed by atoms with van der Waals surface area (Å²) in [4.78, 5) is 11.2. The zero-order chi connectivity index (χ0) is 11.7. The van der Waals surface area contributed by atoms with Gasteiger partial charge in [0.1, 0.15) is 6.29 Å². The molecule has 0 aromatic rings. The van der Waals surface area contributed by atoms with Gasteiger partial charge in [0, 0.05) is 5.41 Å². The van der Waals surface area contributed by atoms with Gasteiger partial charge in [0.15, 0.2) is 0 Å². The van der Waals surface area contributed by atoms with Crippen molar-refractivity contribution in [2.24, 2.45) is 16.7 Å². The molecular formula is C14H24O. The normalized spacial score (nSPS) is 32.4. The smallest absolute Gasteiger partial charge is 0.130 e. The monoisotopic (exact) mass is 208 g/mol. The van der Waals surface area contributed by atoms with Crippen molar-refractivity contribution in [1.29, 1.82) is 0 Å². The molecule has 86 valence electrons. The minimum atomic E-state index is -0.207. The second-order valence-corrected chi connectivity index (χ2v) is 6.19. The SMILES string of the molecule is C=C(C)C1(C=O)CCC(C(C)(C)C)CC1. The zero-order valence-electron chi connectivity index (χ0n) is 10.6. The molecule has 0 spiro atoms. The fourth-order valence-electron chi connectivity index (χ4n) is 2.64. The summed E-state index contributed by atoms with van der Waals surface area (Å²) in [6, 6.07) is 0. The Kier molecular flexibility index (Phi) is 3.42. The third kappa shape index (κ3) is 2.50. The molecule has 0 heterocycles. The molecule has 1 aliphatic carbocycles. The molecule has 1 rings (SSSR count). The van der Waals surface area contributed by atoms with Crippen molar-refractivity contribution in [2.75, 3.05) is 0 Å². The molecule has 0 aromatic heterocycles. The Labute approximate surface area is 93.9 Å². The number of carbonyl (C=O) groups is 1. The third-order valence-electron chi connectivity index (χ3n) is 4.18. The average molecular weight is 208 g/mol. The van der Waals surface area contributed by atoms with Gasteiger partial charge in [0.2, 0.25) is 0 Å². The summed E-state index contributed by atoms with van der Waals surface area (Å²) in [6.45, 7) is 12.9. The Bertz CT molecular complexity index is 249.